The number of carbonyl (C=O) groups excluding carboxylic acids is 1. The third kappa shape index (κ3) is 3.75. The van der Waals surface area contributed by atoms with Crippen molar-refractivity contribution >= 4 is 26.8 Å². The van der Waals surface area contributed by atoms with Gasteiger partial charge in [-0.15, -0.1) is 0 Å². The summed E-state index contributed by atoms with van der Waals surface area (Å²) in [5.41, 5.74) is 1.33. The molecule has 0 bridgehead atoms. The number of rotatable bonds is 3. The summed E-state index contributed by atoms with van der Waals surface area (Å²) in [5.74, 6) is 0.00262. The number of fused-ring (bicyclic) bond motifs is 1. The molecule has 0 radical (unpaired) electrons. The first kappa shape index (κ1) is 18.5. The molecule has 27 heavy (non-hydrogen) atoms. The molecule has 4 rings (SSSR count). The van der Waals surface area contributed by atoms with Gasteiger partial charge >= 0.3 is 0 Å². The lowest BCUT2D eigenvalue weighted by Crippen LogP contribution is -2.35. The second kappa shape index (κ2) is 7.64. The topological polar surface area (TPSA) is 73.5 Å². The normalized spacial score (nSPS) is 19.9. The average Bonchev–Trinajstić information content (AvgIpc) is 2.91. The Balaban J connectivity index is 1.61. The molecule has 0 spiro atoms. The standard InChI is InChI=1S/C20H27N3O3S/c24-20(22-10-4-3-5-11-22)19-15-16-14-17(8-9-18(16)21-19)27(25,26)23-12-6-1-2-7-13-23/h8-9,14-15,21H,1-7,10-13H2. The van der Waals surface area contributed by atoms with E-state index in [1.165, 1.54) is 6.42 Å². The lowest BCUT2D eigenvalue weighted by atomic mass is 10.1. The molecule has 7 heteroatoms. The zero-order valence-electron chi connectivity index (χ0n) is 15.6. The number of hydrogen-bond donors (Lipinski definition) is 1. The number of nitrogens with zero attached hydrogens (tertiary/aromatic N) is 2. The molecule has 0 atom stereocenters. The molecule has 1 N–H and O–H groups in total. The van der Waals surface area contributed by atoms with E-state index in [4.69, 9.17) is 0 Å². The van der Waals surface area contributed by atoms with Gasteiger partial charge in [0, 0.05) is 37.1 Å². The number of sulfonamides is 1. The zero-order chi connectivity index (χ0) is 18.9. The Kier molecular flexibility index (Phi) is 5.23. The van der Waals surface area contributed by atoms with Crippen LogP contribution in [0.2, 0.25) is 0 Å². The molecule has 2 aliphatic heterocycles. The van der Waals surface area contributed by atoms with Gasteiger partial charge < -0.3 is 9.88 Å². The van der Waals surface area contributed by atoms with Crippen molar-refractivity contribution < 1.29 is 13.2 Å². The molecule has 2 aromatic rings. The van der Waals surface area contributed by atoms with Crippen molar-refractivity contribution in [2.24, 2.45) is 0 Å². The number of carbonyl (C=O) groups is 1. The summed E-state index contributed by atoms with van der Waals surface area (Å²) in [6, 6.07) is 6.90. The SMILES string of the molecule is O=C(c1cc2cc(S(=O)(=O)N3CCCCCC3)ccc2[nH]1)N1CCCCC1. The second-order valence-electron chi connectivity index (χ2n) is 7.60. The Morgan fingerprint density at radius 2 is 1.48 bits per heavy atom. The van der Waals surface area contributed by atoms with Crippen LogP contribution in [0.5, 0.6) is 0 Å². The van der Waals surface area contributed by atoms with Gasteiger partial charge in [-0.05, 0) is 56.4 Å². The first-order valence-electron chi connectivity index (χ1n) is 9.98. The van der Waals surface area contributed by atoms with Gasteiger partial charge in [0.2, 0.25) is 10.0 Å². The van der Waals surface area contributed by atoms with Crippen molar-refractivity contribution in [3.8, 4) is 0 Å². The number of aromatic nitrogens is 1. The van der Waals surface area contributed by atoms with E-state index in [9.17, 15) is 13.2 Å². The second-order valence-corrected chi connectivity index (χ2v) is 9.54. The number of amides is 1. The van der Waals surface area contributed by atoms with Crippen molar-refractivity contribution in [2.75, 3.05) is 26.2 Å². The molecule has 2 fully saturated rings. The number of hydrogen-bond acceptors (Lipinski definition) is 3. The van der Waals surface area contributed by atoms with Crippen LogP contribution in [0.25, 0.3) is 10.9 Å². The number of piperidine rings is 1. The van der Waals surface area contributed by atoms with Crippen LogP contribution < -0.4 is 0 Å². The Bertz CT molecular complexity index is 921. The Labute approximate surface area is 160 Å². The lowest BCUT2D eigenvalue weighted by Gasteiger charge is -2.26. The average molecular weight is 390 g/mol. The lowest BCUT2D eigenvalue weighted by molar-refractivity contribution is 0.0719. The molecule has 2 saturated heterocycles. The molecule has 2 aliphatic rings. The summed E-state index contributed by atoms with van der Waals surface area (Å²) in [6.45, 7) is 2.77. The van der Waals surface area contributed by atoms with E-state index in [-0.39, 0.29) is 5.91 Å². The van der Waals surface area contributed by atoms with Crippen molar-refractivity contribution in [1.29, 1.82) is 0 Å². The molecule has 146 valence electrons. The number of H-pyrrole nitrogens is 1. The van der Waals surface area contributed by atoms with Crippen LogP contribution in [-0.2, 0) is 10.0 Å². The summed E-state index contributed by atoms with van der Waals surface area (Å²) in [4.78, 5) is 18.1. The molecular formula is C20H27N3O3S. The summed E-state index contributed by atoms with van der Waals surface area (Å²) in [7, 11) is -3.48. The Hall–Kier alpha value is -1.86. The molecule has 0 saturated carbocycles. The smallest absolute Gasteiger partial charge is 0.270 e. The van der Waals surface area contributed by atoms with Crippen molar-refractivity contribution in [1.82, 2.24) is 14.2 Å². The van der Waals surface area contributed by atoms with Gasteiger partial charge in [0.1, 0.15) is 5.69 Å². The van der Waals surface area contributed by atoms with Gasteiger partial charge in [-0.3, -0.25) is 4.79 Å². The molecule has 0 unspecified atom stereocenters. The third-order valence-electron chi connectivity index (χ3n) is 5.67. The molecule has 1 aromatic carbocycles. The molecule has 0 aliphatic carbocycles. The van der Waals surface area contributed by atoms with Crippen LogP contribution >= 0.6 is 0 Å². The minimum absolute atomic E-state index is 0.00262. The maximum Gasteiger partial charge on any atom is 0.270 e. The summed E-state index contributed by atoms with van der Waals surface area (Å²) in [5, 5.41) is 0.770. The van der Waals surface area contributed by atoms with Crippen LogP contribution in [0.1, 0.15) is 55.4 Å². The summed E-state index contributed by atoms with van der Waals surface area (Å²) < 4.78 is 27.6. The fourth-order valence-electron chi connectivity index (χ4n) is 4.08. The van der Waals surface area contributed by atoms with Crippen LogP contribution in [0, 0.1) is 0 Å². The fourth-order valence-corrected chi connectivity index (χ4v) is 5.64. The number of nitrogens with one attached hydrogen (secondary N) is 1. The largest absolute Gasteiger partial charge is 0.351 e. The van der Waals surface area contributed by atoms with E-state index in [1.54, 1.807) is 28.6 Å². The summed E-state index contributed by atoms with van der Waals surface area (Å²) in [6.07, 6.45) is 7.28. The van der Waals surface area contributed by atoms with E-state index in [1.807, 2.05) is 4.90 Å². The van der Waals surface area contributed by atoms with E-state index >= 15 is 0 Å². The highest BCUT2D eigenvalue weighted by Gasteiger charge is 2.26. The monoisotopic (exact) mass is 389 g/mol. The molecule has 1 aromatic heterocycles. The highest BCUT2D eigenvalue weighted by molar-refractivity contribution is 7.89. The van der Waals surface area contributed by atoms with E-state index in [2.05, 4.69) is 4.98 Å². The highest BCUT2D eigenvalue weighted by Crippen LogP contribution is 2.25. The fraction of sp³-hybridized carbons (Fsp3) is 0.550. The van der Waals surface area contributed by atoms with Gasteiger partial charge in [0.15, 0.2) is 0 Å². The van der Waals surface area contributed by atoms with Gasteiger partial charge in [-0.25, -0.2) is 8.42 Å². The van der Waals surface area contributed by atoms with Crippen molar-refractivity contribution in [2.45, 2.75) is 49.8 Å². The first-order chi connectivity index (χ1) is 13.1. The van der Waals surface area contributed by atoms with Crippen molar-refractivity contribution in [3.05, 3.63) is 30.0 Å². The number of likely N-dealkylation sites (tertiary alicyclic amines) is 1. The van der Waals surface area contributed by atoms with Crippen LogP contribution in [0.4, 0.5) is 0 Å². The van der Waals surface area contributed by atoms with Gasteiger partial charge in [-0.1, -0.05) is 12.8 Å². The molecule has 6 nitrogen and oxygen atoms in total. The van der Waals surface area contributed by atoms with Gasteiger partial charge in [0.05, 0.1) is 4.90 Å². The Morgan fingerprint density at radius 3 is 2.19 bits per heavy atom. The maximum absolute atomic E-state index is 13.0. The van der Waals surface area contributed by atoms with Crippen LogP contribution in [-0.4, -0.2) is 54.7 Å². The van der Waals surface area contributed by atoms with Gasteiger partial charge in [-0.2, -0.15) is 4.31 Å². The highest BCUT2D eigenvalue weighted by atomic mass is 32.2. The first-order valence-corrected chi connectivity index (χ1v) is 11.4. The number of benzene rings is 1. The quantitative estimate of drug-likeness (QED) is 0.875. The van der Waals surface area contributed by atoms with Crippen LogP contribution in [0.3, 0.4) is 0 Å². The van der Waals surface area contributed by atoms with E-state index in [0.717, 1.165) is 62.5 Å². The third-order valence-corrected chi connectivity index (χ3v) is 7.56. The molecular weight excluding hydrogens is 362 g/mol. The zero-order valence-corrected chi connectivity index (χ0v) is 16.4. The number of aromatic amines is 1. The predicted octanol–water partition coefficient (Wildman–Crippen LogP) is 3.36. The van der Waals surface area contributed by atoms with Crippen LogP contribution in [0.15, 0.2) is 29.2 Å². The maximum atomic E-state index is 13.0. The Morgan fingerprint density at radius 1 is 0.852 bits per heavy atom. The molecule has 1 amide bonds. The van der Waals surface area contributed by atoms with Crippen molar-refractivity contribution in [3.63, 3.8) is 0 Å². The van der Waals surface area contributed by atoms with Gasteiger partial charge in [0.25, 0.3) is 5.91 Å². The molecule has 3 heterocycles. The minimum Gasteiger partial charge on any atom is -0.351 e. The van der Waals surface area contributed by atoms with E-state index in [0.29, 0.717) is 23.7 Å². The van der Waals surface area contributed by atoms with E-state index < -0.39 is 10.0 Å². The minimum atomic E-state index is -3.48. The summed E-state index contributed by atoms with van der Waals surface area (Å²) >= 11 is 0. The predicted molar refractivity (Wildman–Crippen MR) is 105 cm³/mol.